The number of hydrogen-bond donors (Lipinski definition) is 1. The molecule has 2 fully saturated rings. The molecule has 1 atom stereocenters. The second-order valence-electron chi connectivity index (χ2n) is 7.28. The average molecular weight is 368 g/mol. The van der Waals surface area contributed by atoms with E-state index in [9.17, 15) is 9.59 Å². The molecule has 1 aromatic carbocycles. The Bertz CT molecular complexity index is 824. The lowest BCUT2D eigenvalue weighted by atomic mass is 10.1. The minimum Gasteiger partial charge on any atom is -0.381 e. The quantitative estimate of drug-likeness (QED) is 0.900. The summed E-state index contributed by atoms with van der Waals surface area (Å²) in [5, 5.41) is 7.29. The fourth-order valence-electron chi connectivity index (χ4n) is 3.65. The number of nitrogens with zero attached hydrogens (tertiary/aromatic N) is 3. The van der Waals surface area contributed by atoms with Crippen LogP contribution in [0, 0.1) is 12.8 Å². The zero-order chi connectivity index (χ0) is 18.8. The van der Waals surface area contributed by atoms with E-state index < -0.39 is 0 Å². The highest BCUT2D eigenvalue weighted by atomic mass is 16.5. The van der Waals surface area contributed by atoms with Gasteiger partial charge in [-0.15, -0.1) is 0 Å². The van der Waals surface area contributed by atoms with Crippen molar-refractivity contribution in [3.8, 4) is 0 Å². The summed E-state index contributed by atoms with van der Waals surface area (Å²) in [6.45, 7) is 3.89. The third kappa shape index (κ3) is 3.88. The van der Waals surface area contributed by atoms with Crippen LogP contribution in [0.3, 0.4) is 0 Å². The van der Waals surface area contributed by atoms with Gasteiger partial charge in [-0.05, 0) is 31.9 Å². The van der Waals surface area contributed by atoms with Crippen LogP contribution in [0.1, 0.15) is 30.9 Å². The van der Waals surface area contributed by atoms with Gasteiger partial charge in [0.25, 0.3) is 0 Å². The molecule has 0 radical (unpaired) electrons. The molecule has 0 bridgehead atoms. The van der Waals surface area contributed by atoms with Crippen molar-refractivity contribution in [3.63, 3.8) is 0 Å². The number of aryl methyl sites for hydroxylation is 1. The van der Waals surface area contributed by atoms with Crippen LogP contribution < -0.4 is 10.2 Å². The van der Waals surface area contributed by atoms with Gasteiger partial charge in [-0.25, -0.2) is 0 Å². The van der Waals surface area contributed by atoms with Gasteiger partial charge in [0.15, 0.2) is 0 Å². The first-order valence-electron chi connectivity index (χ1n) is 9.40. The first-order valence-corrected chi connectivity index (χ1v) is 9.40. The number of hydrogen-bond acceptors (Lipinski definition) is 4. The third-order valence-electron chi connectivity index (χ3n) is 5.28. The van der Waals surface area contributed by atoms with Gasteiger partial charge >= 0.3 is 0 Å². The van der Waals surface area contributed by atoms with Crippen molar-refractivity contribution >= 4 is 23.2 Å². The topological polar surface area (TPSA) is 76.5 Å². The Morgan fingerprint density at radius 3 is 2.70 bits per heavy atom. The van der Waals surface area contributed by atoms with Gasteiger partial charge in [-0.3, -0.25) is 14.3 Å². The van der Waals surface area contributed by atoms with Gasteiger partial charge in [0.05, 0.1) is 23.8 Å². The van der Waals surface area contributed by atoms with Gasteiger partial charge in [-0.2, -0.15) is 5.10 Å². The summed E-state index contributed by atoms with van der Waals surface area (Å²) >= 11 is 0. The summed E-state index contributed by atoms with van der Waals surface area (Å²) in [6, 6.07) is 8.10. The molecule has 7 nitrogen and oxygen atoms in total. The zero-order valence-corrected chi connectivity index (χ0v) is 15.4. The molecule has 2 aliphatic rings. The molecule has 4 rings (SSSR count). The van der Waals surface area contributed by atoms with E-state index in [2.05, 4.69) is 10.4 Å². The van der Waals surface area contributed by atoms with Crippen molar-refractivity contribution in [1.29, 1.82) is 0 Å². The number of ether oxygens (including phenoxy) is 1. The SMILES string of the molecule is Cc1ccc(N2CC(C(=O)Nc3cnn(C4CCOCC4)c3)CC2=O)cc1. The van der Waals surface area contributed by atoms with Crippen molar-refractivity contribution < 1.29 is 14.3 Å². The summed E-state index contributed by atoms with van der Waals surface area (Å²) in [6.07, 6.45) is 5.62. The number of amides is 2. The first-order chi connectivity index (χ1) is 13.1. The molecular weight excluding hydrogens is 344 g/mol. The largest absolute Gasteiger partial charge is 0.381 e. The molecule has 1 unspecified atom stereocenters. The highest BCUT2D eigenvalue weighted by Crippen LogP contribution is 2.27. The number of rotatable bonds is 4. The Morgan fingerprint density at radius 2 is 1.96 bits per heavy atom. The van der Waals surface area contributed by atoms with Crippen molar-refractivity contribution in [2.45, 2.75) is 32.2 Å². The predicted octanol–water partition coefficient (Wildman–Crippen LogP) is 2.53. The predicted molar refractivity (Wildman–Crippen MR) is 102 cm³/mol. The fraction of sp³-hybridized carbons (Fsp3) is 0.450. The third-order valence-corrected chi connectivity index (χ3v) is 5.28. The van der Waals surface area contributed by atoms with Crippen molar-refractivity contribution in [2.24, 2.45) is 5.92 Å². The van der Waals surface area contributed by atoms with Gasteiger partial charge < -0.3 is 15.0 Å². The van der Waals surface area contributed by atoms with Crippen molar-refractivity contribution in [3.05, 3.63) is 42.2 Å². The molecular formula is C20H24N4O3. The van der Waals surface area contributed by atoms with E-state index in [1.807, 2.05) is 42.1 Å². The van der Waals surface area contributed by atoms with Crippen LogP contribution in [0.15, 0.2) is 36.7 Å². The summed E-state index contributed by atoms with van der Waals surface area (Å²) in [5.41, 5.74) is 2.65. The summed E-state index contributed by atoms with van der Waals surface area (Å²) in [4.78, 5) is 26.7. The summed E-state index contributed by atoms with van der Waals surface area (Å²) in [5.74, 6) is -0.508. The normalized spacial score (nSPS) is 20.9. The molecule has 27 heavy (non-hydrogen) atoms. The van der Waals surface area contributed by atoms with Crippen LogP contribution in [0.4, 0.5) is 11.4 Å². The van der Waals surface area contributed by atoms with Gasteiger partial charge in [0, 0.05) is 38.1 Å². The maximum Gasteiger partial charge on any atom is 0.229 e. The summed E-state index contributed by atoms with van der Waals surface area (Å²) < 4.78 is 7.28. The van der Waals surface area contributed by atoms with Gasteiger partial charge in [0.1, 0.15) is 0 Å². The minimum atomic E-state index is -0.356. The molecule has 2 aromatic rings. The standard InChI is InChI=1S/C20H24N4O3/c1-14-2-4-17(5-3-14)23-12-15(10-19(23)25)20(26)22-16-11-21-24(13-16)18-6-8-27-9-7-18/h2-5,11,13,15,18H,6-10,12H2,1H3,(H,22,26). The van der Waals surface area contributed by atoms with Crippen LogP contribution >= 0.6 is 0 Å². The number of benzene rings is 1. The van der Waals surface area contributed by atoms with E-state index in [-0.39, 0.29) is 24.2 Å². The van der Waals surface area contributed by atoms with E-state index in [0.29, 0.717) is 18.3 Å². The Balaban J connectivity index is 1.38. The molecule has 2 aliphatic heterocycles. The van der Waals surface area contributed by atoms with Crippen molar-refractivity contribution in [2.75, 3.05) is 30.0 Å². The zero-order valence-electron chi connectivity index (χ0n) is 15.4. The van der Waals surface area contributed by atoms with E-state index in [1.54, 1.807) is 11.1 Å². The molecule has 0 aliphatic carbocycles. The fourth-order valence-corrected chi connectivity index (χ4v) is 3.65. The Kier molecular flexibility index (Phi) is 4.94. The van der Waals surface area contributed by atoms with Crippen LogP contribution in [-0.2, 0) is 14.3 Å². The van der Waals surface area contributed by atoms with Crippen LogP contribution in [0.25, 0.3) is 0 Å². The molecule has 2 amide bonds. The van der Waals surface area contributed by atoms with E-state index in [0.717, 1.165) is 37.3 Å². The minimum absolute atomic E-state index is 0.0168. The molecule has 1 N–H and O–H groups in total. The highest BCUT2D eigenvalue weighted by Gasteiger charge is 2.35. The number of carbonyl (C=O) groups is 2. The van der Waals surface area contributed by atoms with E-state index >= 15 is 0 Å². The van der Waals surface area contributed by atoms with Crippen LogP contribution in [0.5, 0.6) is 0 Å². The number of anilines is 2. The average Bonchev–Trinajstić information content (AvgIpc) is 3.30. The monoisotopic (exact) mass is 368 g/mol. The molecule has 142 valence electrons. The maximum atomic E-state index is 12.6. The molecule has 0 spiro atoms. The Hall–Kier alpha value is -2.67. The van der Waals surface area contributed by atoms with Crippen LogP contribution in [-0.4, -0.2) is 41.4 Å². The Labute approximate surface area is 158 Å². The van der Waals surface area contributed by atoms with E-state index in [1.165, 1.54) is 0 Å². The molecule has 7 heteroatoms. The summed E-state index contributed by atoms with van der Waals surface area (Å²) in [7, 11) is 0. The lowest BCUT2D eigenvalue weighted by molar-refractivity contribution is -0.122. The smallest absolute Gasteiger partial charge is 0.229 e. The number of carbonyl (C=O) groups excluding carboxylic acids is 2. The van der Waals surface area contributed by atoms with Crippen LogP contribution in [0.2, 0.25) is 0 Å². The molecule has 3 heterocycles. The lowest BCUT2D eigenvalue weighted by Crippen LogP contribution is -2.28. The Morgan fingerprint density at radius 1 is 1.22 bits per heavy atom. The van der Waals surface area contributed by atoms with Gasteiger partial charge in [-0.1, -0.05) is 17.7 Å². The first kappa shape index (κ1) is 17.7. The number of nitrogens with one attached hydrogen (secondary N) is 1. The maximum absolute atomic E-state index is 12.6. The number of aromatic nitrogens is 2. The van der Waals surface area contributed by atoms with E-state index in [4.69, 9.17) is 4.74 Å². The second-order valence-corrected chi connectivity index (χ2v) is 7.28. The van der Waals surface area contributed by atoms with Crippen molar-refractivity contribution in [1.82, 2.24) is 9.78 Å². The lowest BCUT2D eigenvalue weighted by Gasteiger charge is -2.22. The van der Waals surface area contributed by atoms with Gasteiger partial charge in [0.2, 0.25) is 11.8 Å². The molecule has 2 saturated heterocycles. The molecule has 0 saturated carbocycles. The molecule has 1 aromatic heterocycles. The second kappa shape index (κ2) is 7.52. The highest BCUT2D eigenvalue weighted by molar-refractivity contribution is 6.03.